The van der Waals surface area contributed by atoms with E-state index in [1.807, 2.05) is 36.1 Å². The van der Waals surface area contributed by atoms with Crippen molar-refractivity contribution in [2.75, 3.05) is 6.54 Å². The van der Waals surface area contributed by atoms with Crippen LogP contribution in [0.4, 0.5) is 0 Å². The highest BCUT2D eigenvalue weighted by atomic mass is 15.3. The van der Waals surface area contributed by atoms with E-state index in [2.05, 4.69) is 33.0 Å². The third-order valence-electron chi connectivity index (χ3n) is 4.25. The Labute approximate surface area is 123 Å². The molecule has 0 amide bonds. The zero-order chi connectivity index (χ0) is 14.2. The first-order chi connectivity index (χ1) is 10.3. The SMILES string of the molecule is Cn1cc([C@H]2CCCN2Cc2cn3ccccc3n2)cn1. The lowest BCUT2D eigenvalue weighted by atomic mass is 10.1. The largest absolute Gasteiger partial charge is 0.307 e. The van der Waals surface area contributed by atoms with E-state index in [1.54, 1.807) is 0 Å². The smallest absolute Gasteiger partial charge is 0.137 e. The number of likely N-dealkylation sites (tertiary alicyclic amines) is 1. The van der Waals surface area contributed by atoms with Crippen molar-refractivity contribution in [3.63, 3.8) is 0 Å². The number of rotatable bonds is 3. The van der Waals surface area contributed by atoms with Gasteiger partial charge < -0.3 is 4.40 Å². The molecule has 0 radical (unpaired) electrons. The molecule has 0 saturated carbocycles. The Morgan fingerprint density at radius 3 is 3.05 bits per heavy atom. The van der Waals surface area contributed by atoms with Crippen molar-refractivity contribution in [3.05, 3.63) is 54.2 Å². The van der Waals surface area contributed by atoms with Crippen LogP contribution in [0.1, 0.15) is 30.1 Å². The fourth-order valence-corrected chi connectivity index (χ4v) is 3.28. The van der Waals surface area contributed by atoms with Crippen molar-refractivity contribution >= 4 is 5.65 Å². The van der Waals surface area contributed by atoms with Gasteiger partial charge in [-0.25, -0.2) is 4.98 Å². The van der Waals surface area contributed by atoms with Gasteiger partial charge in [0.25, 0.3) is 0 Å². The highest BCUT2D eigenvalue weighted by Crippen LogP contribution is 2.32. The van der Waals surface area contributed by atoms with Crippen LogP contribution in [-0.4, -0.2) is 30.6 Å². The van der Waals surface area contributed by atoms with Gasteiger partial charge in [0.05, 0.1) is 11.9 Å². The molecule has 1 aliphatic heterocycles. The van der Waals surface area contributed by atoms with Crippen LogP contribution >= 0.6 is 0 Å². The van der Waals surface area contributed by atoms with Crippen LogP contribution in [-0.2, 0) is 13.6 Å². The number of hydrogen-bond donors (Lipinski definition) is 0. The van der Waals surface area contributed by atoms with E-state index in [4.69, 9.17) is 4.98 Å². The first-order valence-electron chi connectivity index (χ1n) is 7.45. The summed E-state index contributed by atoms with van der Waals surface area (Å²) in [6.07, 6.45) is 10.8. The fraction of sp³-hybridized carbons (Fsp3) is 0.375. The monoisotopic (exact) mass is 281 g/mol. The van der Waals surface area contributed by atoms with E-state index >= 15 is 0 Å². The minimum atomic E-state index is 0.475. The Kier molecular flexibility index (Phi) is 3.00. The van der Waals surface area contributed by atoms with Crippen molar-refractivity contribution in [1.82, 2.24) is 24.1 Å². The second-order valence-electron chi connectivity index (χ2n) is 5.77. The van der Waals surface area contributed by atoms with Crippen LogP contribution in [0.3, 0.4) is 0 Å². The maximum atomic E-state index is 4.71. The molecule has 3 aromatic rings. The Morgan fingerprint density at radius 1 is 1.29 bits per heavy atom. The maximum Gasteiger partial charge on any atom is 0.137 e. The molecule has 108 valence electrons. The quantitative estimate of drug-likeness (QED) is 0.740. The molecule has 4 rings (SSSR count). The van der Waals surface area contributed by atoms with Crippen LogP contribution < -0.4 is 0 Å². The molecule has 4 heterocycles. The molecular weight excluding hydrogens is 262 g/mol. The summed E-state index contributed by atoms with van der Waals surface area (Å²) in [4.78, 5) is 7.22. The van der Waals surface area contributed by atoms with E-state index in [0.717, 1.165) is 24.4 Å². The van der Waals surface area contributed by atoms with Gasteiger partial charge in [-0.2, -0.15) is 5.10 Å². The number of aromatic nitrogens is 4. The zero-order valence-corrected chi connectivity index (χ0v) is 12.2. The molecule has 0 N–H and O–H groups in total. The second-order valence-corrected chi connectivity index (χ2v) is 5.77. The van der Waals surface area contributed by atoms with Gasteiger partial charge in [-0.15, -0.1) is 0 Å². The Hall–Kier alpha value is -2.14. The average molecular weight is 281 g/mol. The van der Waals surface area contributed by atoms with Crippen LogP contribution in [0, 0.1) is 0 Å². The van der Waals surface area contributed by atoms with Gasteiger partial charge in [0.15, 0.2) is 0 Å². The topological polar surface area (TPSA) is 38.4 Å². The minimum absolute atomic E-state index is 0.475. The van der Waals surface area contributed by atoms with Crippen molar-refractivity contribution in [1.29, 1.82) is 0 Å². The van der Waals surface area contributed by atoms with Gasteiger partial charge >= 0.3 is 0 Å². The highest BCUT2D eigenvalue weighted by molar-refractivity contribution is 5.39. The van der Waals surface area contributed by atoms with Crippen molar-refractivity contribution in [2.45, 2.75) is 25.4 Å². The molecule has 0 spiro atoms. The Morgan fingerprint density at radius 2 is 2.24 bits per heavy atom. The number of hydrogen-bond acceptors (Lipinski definition) is 3. The summed E-state index contributed by atoms with van der Waals surface area (Å²) in [6.45, 7) is 2.04. The number of aryl methyl sites for hydroxylation is 1. The molecule has 1 fully saturated rings. The summed E-state index contributed by atoms with van der Waals surface area (Å²) in [5.41, 5.74) is 3.47. The predicted octanol–water partition coefficient (Wildman–Crippen LogP) is 2.40. The molecule has 5 nitrogen and oxygen atoms in total. The highest BCUT2D eigenvalue weighted by Gasteiger charge is 2.27. The summed E-state index contributed by atoms with van der Waals surface area (Å²) in [5.74, 6) is 0. The first kappa shape index (κ1) is 12.6. The number of fused-ring (bicyclic) bond motifs is 1. The molecule has 3 aromatic heterocycles. The third-order valence-corrected chi connectivity index (χ3v) is 4.25. The summed E-state index contributed by atoms with van der Waals surface area (Å²) in [5, 5.41) is 4.31. The van der Waals surface area contributed by atoms with Gasteiger partial charge in [0.1, 0.15) is 5.65 Å². The van der Waals surface area contributed by atoms with Crippen LogP contribution in [0.2, 0.25) is 0 Å². The van der Waals surface area contributed by atoms with E-state index < -0.39 is 0 Å². The zero-order valence-electron chi connectivity index (χ0n) is 12.2. The van der Waals surface area contributed by atoms with Crippen LogP contribution in [0.25, 0.3) is 5.65 Å². The number of imidazole rings is 1. The van der Waals surface area contributed by atoms with Gasteiger partial charge in [0, 0.05) is 43.8 Å². The van der Waals surface area contributed by atoms with Crippen molar-refractivity contribution < 1.29 is 0 Å². The van der Waals surface area contributed by atoms with Gasteiger partial charge in [-0.3, -0.25) is 9.58 Å². The van der Waals surface area contributed by atoms with Crippen LogP contribution in [0.15, 0.2) is 43.0 Å². The molecule has 5 heteroatoms. The average Bonchev–Trinajstić information content (AvgIpc) is 3.17. The van der Waals surface area contributed by atoms with Crippen molar-refractivity contribution in [2.24, 2.45) is 7.05 Å². The van der Waals surface area contributed by atoms with Gasteiger partial charge in [-0.05, 0) is 31.5 Å². The number of pyridine rings is 1. The van der Waals surface area contributed by atoms with E-state index in [9.17, 15) is 0 Å². The second kappa shape index (κ2) is 5.00. The van der Waals surface area contributed by atoms with Gasteiger partial charge in [0.2, 0.25) is 0 Å². The van der Waals surface area contributed by atoms with E-state index in [1.165, 1.54) is 18.4 Å². The minimum Gasteiger partial charge on any atom is -0.307 e. The number of nitrogens with zero attached hydrogens (tertiary/aromatic N) is 5. The molecule has 1 atom stereocenters. The lowest BCUT2D eigenvalue weighted by molar-refractivity contribution is 0.246. The Bertz CT molecular complexity index is 724. The lowest BCUT2D eigenvalue weighted by Gasteiger charge is -2.22. The lowest BCUT2D eigenvalue weighted by Crippen LogP contribution is -2.22. The summed E-state index contributed by atoms with van der Waals surface area (Å²) >= 11 is 0. The summed E-state index contributed by atoms with van der Waals surface area (Å²) in [6, 6.07) is 6.59. The standard InChI is InChI=1S/C16H19N5/c1-19-10-13(9-17-19)15-5-4-8-20(15)11-14-12-21-7-3-2-6-16(21)18-14/h2-3,6-7,9-10,12,15H,4-5,8,11H2,1H3/t15-/m1/s1. The first-order valence-corrected chi connectivity index (χ1v) is 7.45. The van der Waals surface area contributed by atoms with E-state index in [0.29, 0.717) is 6.04 Å². The molecular formula is C16H19N5. The molecule has 0 unspecified atom stereocenters. The maximum absolute atomic E-state index is 4.71. The normalized spacial score (nSPS) is 19.6. The third kappa shape index (κ3) is 2.34. The molecule has 21 heavy (non-hydrogen) atoms. The summed E-state index contributed by atoms with van der Waals surface area (Å²) in [7, 11) is 1.98. The summed E-state index contributed by atoms with van der Waals surface area (Å²) < 4.78 is 3.97. The van der Waals surface area contributed by atoms with Crippen LogP contribution in [0.5, 0.6) is 0 Å². The molecule has 1 aliphatic rings. The van der Waals surface area contributed by atoms with Gasteiger partial charge in [-0.1, -0.05) is 6.07 Å². The van der Waals surface area contributed by atoms with Crippen molar-refractivity contribution in [3.8, 4) is 0 Å². The molecule has 0 bridgehead atoms. The Balaban J connectivity index is 1.57. The molecule has 0 aliphatic carbocycles. The molecule has 1 saturated heterocycles. The van der Waals surface area contributed by atoms with E-state index in [-0.39, 0.29) is 0 Å². The molecule has 0 aromatic carbocycles. The fourth-order valence-electron chi connectivity index (χ4n) is 3.28. The predicted molar refractivity (Wildman–Crippen MR) is 80.8 cm³/mol.